The zero-order chi connectivity index (χ0) is 22.8. The van der Waals surface area contributed by atoms with Gasteiger partial charge in [-0.05, 0) is 90.3 Å². The fraction of sp³-hybridized carbons (Fsp3) is 0.231. The van der Waals surface area contributed by atoms with E-state index in [9.17, 15) is 9.59 Å². The van der Waals surface area contributed by atoms with Crippen LogP contribution in [0, 0.1) is 0 Å². The molecule has 0 atom stereocenters. The quantitative estimate of drug-likeness (QED) is 0.472. The Bertz CT molecular complexity index is 1200. The van der Waals surface area contributed by atoms with Crippen molar-refractivity contribution in [3.63, 3.8) is 0 Å². The number of carbonyl (C=O) groups is 2. The molecule has 0 bridgehead atoms. The third-order valence-corrected chi connectivity index (χ3v) is 5.79. The fourth-order valence-electron chi connectivity index (χ4n) is 4.12. The minimum atomic E-state index is -0.458. The normalized spacial score (nSPS) is 11.8. The molecule has 3 aromatic carbocycles. The van der Waals surface area contributed by atoms with Gasteiger partial charge in [-0.25, -0.2) is 0 Å². The molecule has 0 heterocycles. The van der Waals surface area contributed by atoms with E-state index in [-0.39, 0.29) is 5.91 Å². The second-order valence-corrected chi connectivity index (χ2v) is 8.25. The molecule has 164 valence electrons. The summed E-state index contributed by atoms with van der Waals surface area (Å²) in [4.78, 5) is 26.9. The van der Waals surface area contributed by atoms with Crippen LogP contribution in [-0.4, -0.2) is 51.0 Å². The highest BCUT2D eigenvalue weighted by Crippen LogP contribution is 2.41. The molecular weight excluding hydrogens is 402 g/mol. The first-order chi connectivity index (χ1) is 15.4. The number of methoxy groups -OCH3 is 1. The van der Waals surface area contributed by atoms with Gasteiger partial charge >= 0.3 is 0 Å². The molecule has 3 N–H and O–H groups in total. The number of nitrogens with two attached hydrogens (primary N) is 1. The van der Waals surface area contributed by atoms with Crippen LogP contribution in [0.5, 0.6) is 5.75 Å². The van der Waals surface area contributed by atoms with Gasteiger partial charge in [-0.1, -0.05) is 18.2 Å². The summed E-state index contributed by atoms with van der Waals surface area (Å²) in [7, 11) is 5.56. The van der Waals surface area contributed by atoms with E-state index in [0.29, 0.717) is 24.1 Å². The van der Waals surface area contributed by atoms with Crippen molar-refractivity contribution >= 4 is 11.8 Å². The summed E-state index contributed by atoms with van der Waals surface area (Å²) in [6.07, 6.45) is 0.570. The first kappa shape index (κ1) is 21.6. The lowest BCUT2D eigenvalue weighted by Gasteiger charge is -2.12. The number of nitrogens with zero attached hydrogens (tertiary/aromatic N) is 1. The number of primary amides is 1. The Morgan fingerprint density at radius 2 is 1.84 bits per heavy atom. The number of amides is 2. The number of carbonyl (C=O) groups excluding carboxylic acids is 2. The molecule has 3 aromatic rings. The van der Waals surface area contributed by atoms with Crippen LogP contribution in [0.1, 0.15) is 31.8 Å². The molecule has 1 aliphatic carbocycles. The lowest BCUT2D eigenvalue weighted by Crippen LogP contribution is -2.31. The van der Waals surface area contributed by atoms with Crippen molar-refractivity contribution in [1.82, 2.24) is 10.2 Å². The van der Waals surface area contributed by atoms with Crippen LogP contribution in [0.25, 0.3) is 22.3 Å². The topological polar surface area (TPSA) is 84.7 Å². The lowest BCUT2D eigenvalue weighted by molar-refractivity contribution is 0.0949. The summed E-state index contributed by atoms with van der Waals surface area (Å²) in [5.74, 6) is 0.187. The van der Waals surface area contributed by atoms with Crippen molar-refractivity contribution in [3.05, 3.63) is 76.9 Å². The highest BCUT2D eigenvalue weighted by molar-refractivity contribution is 6.01. The third kappa shape index (κ3) is 4.22. The molecule has 0 radical (unpaired) electrons. The Hall–Kier alpha value is -3.64. The van der Waals surface area contributed by atoms with E-state index in [1.165, 1.54) is 0 Å². The molecule has 0 aliphatic heterocycles. The SMILES string of the molecule is COc1cccc(-c2cc(C(N)=O)c3c(c2)-c2ccc(C(=O)NCCN(C)C)cc2C3)c1. The van der Waals surface area contributed by atoms with E-state index in [1.54, 1.807) is 7.11 Å². The first-order valence-corrected chi connectivity index (χ1v) is 10.5. The minimum Gasteiger partial charge on any atom is -0.497 e. The predicted octanol–water partition coefficient (Wildman–Crippen LogP) is 3.32. The molecule has 6 heteroatoms. The van der Waals surface area contributed by atoms with Gasteiger partial charge < -0.3 is 20.7 Å². The van der Waals surface area contributed by atoms with Crippen molar-refractivity contribution in [2.45, 2.75) is 6.42 Å². The van der Waals surface area contributed by atoms with Gasteiger partial charge in [-0.15, -0.1) is 0 Å². The van der Waals surface area contributed by atoms with Crippen molar-refractivity contribution in [1.29, 1.82) is 0 Å². The Balaban J connectivity index is 1.71. The molecule has 0 spiro atoms. The maximum atomic E-state index is 12.6. The molecule has 6 nitrogen and oxygen atoms in total. The van der Waals surface area contributed by atoms with Crippen molar-refractivity contribution in [2.75, 3.05) is 34.3 Å². The van der Waals surface area contributed by atoms with Gasteiger partial charge in [-0.2, -0.15) is 0 Å². The van der Waals surface area contributed by atoms with Gasteiger partial charge in [0.15, 0.2) is 0 Å². The van der Waals surface area contributed by atoms with Crippen molar-refractivity contribution < 1.29 is 14.3 Å². The maximum absolute atomic E-state index is 12.6. The molecule has 1 aliphatic rings. The van der Waals surface area contributed by atoms with E-state index in [2.05, 4.69) is 11.4 Å². The number of benzene rings is 3. The highest BCUT2D eigenvalue weighted by atomic mass is 16.5. The molecule has 0 fully saturated rings. The summed E-state index contributed by atoms with van der Waals surface area (Å²) >= 11 is 0. The van der Waals surface area contributed by atoms with Gasteiger partial charge in [0, 0.05) is 24.2 Å². The fourth-order valence-corrected chi connectivity index (χ4v) is 4.12. The van der Waals surface area contributed by atoms with Crippen LogP contribution in [0.2, 0.25) is 0 Å². The number of ether oxygens (including phenoxy) is 1. The lowest BCUT2D eigenvalue weighted by atomic mass is 9.94. The van der Waals surface area contributed by atoms with Crippen LogP contribution in [0.15, 0.2) is 54.6 Å². The molecule has 0 aromatic heterocycles. The minimum absolute atomic E-state index is 0.0993. The first-order valence-electron chi connectivity index (χ1n) is 10.5. The van der Waals surface area contributed by atoms with Gasteiger partial charge in [-0.3, -0.25) is 9.59 Å². The van der Waals surface area contributed by atoms with E-state index in [1.807, 2.05) is 67.5 Å². The zero-order valence-electron chi connectivity index (χ0n) is 18.6. The van der Waals surface area contributed by atoms with E-state index in [4.69, 9.17) is 10.5 Å². The van der Waals surface area contributed by atoms with E-state index >= 15 is 0 Å². The van der Waals surface area contributed by atoms with E-state index < -0.39 is 5.91 Å². The number of hydrogen-bond acceptors (Lipinski definition) is 4. The third-order valence-electron chi connectivity index (χ3n) is 5.79. The summed E-state index contributed by atoms with van der Waals surface area (Å²) in [6, 6.07) is 17.3. The van der Waals surface area contributed by atoms with Crippen LogP contribution >= 0.6 is 0 Å². The van der Waals surface area contributed by atoms with Crippen LogP contribution < -0.4 is 15.8 Å². The second kappa shape index (κ2) is 8.85. The highest BCUT2D eigenvalue weighted by Gasteiger charge is 2.25. The summed E-state index contributed by atoms with van der Waals surface area (Å²) in [6.45, 7) is 1.36. The second-order valence-electron chi connectivity index (χ2n) is 8.25. The molecule has 0 unspecified atom stereocenters. The number of likely N-dealkylation sites (N-methyl/N-ethyl adjacent to an activating group) is 1. The number of hydrogen-bond donors (Lipinski definition) is 2. The number of fused-ring (bicyclic) bond motifs is 3. The van der Waals surface area contributed by atoms with Crippen molar-refractivity contribution in [2.24, 2.45) is 5.73 Å². The van der Waals surface area contributed by atoms with Crippen LogP contribution in [-0.2, 0) is 6.42 Å². The molecular formula is C26H27N3O3. The molecule has 0 saturated carbocycles. The van der Waals surface area contributed by atoms with Crippen LogP contribution in [0.3, 0.4) is 0 Å². The molecule has 2 amide bonds. The summed E-state index contributed by atoms with van der Waals surface area (Å²) in [5.41, 5.74) is 12.6. The number of nitrogens with one attached hydrogen (secondary N) is 1. The van der Waals surface area contributed by atoms with Crippen molar-refractivity contribution in [3.8, 4) is 28.0 Å². The van der Waals surface area contributed by atoms with Gasteiger partial charge in [0.05, 0.1) is 7.11 Å². The van der Waals surface area contributed by atoms with Gasteiger partial charge in [0.25, 0.3) is 5.91 Å². The molecule has 4 rings (SSSR count). The maximum Gasteiger partial charge on any atom is 0.251 e. The molecule has 0 saturated heterocycles. The predicted molar refractivity (Wildman–Crippen MR) is 126 cm³/mol. The largest absolute Gasteiger partial charge is 0.497 e. The summed E-state index contributed by atoms with van der Waals surface area (Å²) in [5, 5.41) is 2.95. The zero-order valence-corrected chi connectivity index (χ0v) is 18.6. The number of rotatable bonds is 7. The monoisotopic (exact) mass is 429 g/mol. The Kier molecular flexibility index (Phi) is 5.97. The Morgan fingerprint density at radius 3 is 2.56 bits per heavy atom. The summed E-state index contributed by atoms with van der Waals surface area (Å²) < 4.78 is 5.35. The van der Waals surface area contributed by atoms with Gasteiger partial charge in [0.1, 0.15) is 5.75 Å². The Labute approximate surface area is 188 Å². The average Bonchev–Trinajstić information content (AvgIpc) is 3.15. The van der Waals surface area contributed by atoms with E-state index in [0.717, 1.165) is 45.7 Å². The Morgan fingerprint density at radius 1 is 1.03 bits per heavy atom. The average molecular weight is 430 g/mol. The molecule has 32 heavy (non-hydrogen) atoms. The standard InChI is InChI=1S/C26H27N3O3/c1-29(2)10-9-28-26(31)17-7-8-21-19(11-17)15-23-22(21)13-18(14-24(23)25(27)30)16-5-4-6-20(12-16)32-3/h4-8,11-14H,9-10,15H2,1-3H3,(H2,27,30)(H,28,31). The smallest absolute Gasteiger partial charge is 0.251 e. The van der Waals surface area contributed by atoms with Gasteiger partial charge in [0.2, 0.25) is 5.91 Å². The van der Waals surface area contributed by atoms with Crippen LogP contribution in [0.4, 0.5) is 0 Å².